The van der Waals surface area contributed by atoms with E-state index in [4.69, 9.17) is 4.74 Å². The van der Waals surface area contributed by atoms with Crippen LogP contribution in [0.4, 0.5) is 0 Å². The van der Waals surface area contributed by atoms with Crippen molar-refractivity contribution in [1.29, 1.82) is 0 Å². The zero-order valence-electron chi connectivity index (χ0n) is 13.1. The van der Waals surface area contributed by atoms with E-state index in [9.17, 15) is 9.90 Å². The number of para-hydroxylation sites is 1. The van der Waals surface area contributed by atoms with E-state index < -0.39 is 6.10 Å². The first-order valence-electron chi connectivity index (χ1n) is 7.90. The molecule has 0 saturated heterocycles. The van der Waals surface area contributed by atoms with Crippen molar-refractivity contribution < 1.29 is 14.6 Å². The molecule has 4 heteroatoms. The van der Waals surface area contributed by atoms with Gasteiger partial charge in [0, 0.05) is 11.6 Å². The van der Waals surface area contributed by atoms with Crippen molar-refractivity contribution in [3.63, 3.8) is 0 Å². The van der Waals surface area contributed by atoms with Gasteiger partial charge in [-0.05, 0) is 25.0 Å². The smallest absolute Gasteiger partial charge is 0.231 e. The van der Waals surface area contributed by atoms with Gasteiger partial charge in [0.1, 0.15) is 18.3 Å². The van der Waals surface area contributed by atoms with E-state index >= 15 is 0 Å². The van der Waals surface area contributed by atoms with E-state index in [-0.39, 0.29) is 17.9 Å². The highest BCUT2D eigenvalue weighted by Gasteiger charge is 2.30. The number of nitrogens with one attached hydrogen (secondary N) is 1. The first kappa shape index (κ1) is 15.6. The van der Waals surface area contributed by atoms with Crippen molar-refractivity contribution in [3.05, 3.63) is 65.7 Å². The predicted octanol–water partition coefficient (Wildman–Crippen LogP) is 2.79. The maximum atomic E-state index is 12.5. The van der Waals surface area contributed by atoms with E-state index in [0.29, 0.717) is 13.0 Å². The number of hydrogen-bond acceptors (Lipinski definition) is 3. The monoisotopic (exact) mass is 311 g/mol. The normalized spacial score (nSPS) is 18.6. The van der Waals surface area contributed by atoms with Crippen LogP contribution in [0.15, 0.2) is 54.6 Å². The first-order valence-corrected chi connectivity index (χ1v) is 7.90. The van der Waals surface area contributed by atoms with Gasteiger partial charge in [-0.1, -0.05) is 48.5 Å². The second-order valence-corrected chi connectivity index (χ2v) is 5.97. The fraction of sp³-hybridized carbons (Fsp3) is 0.316. The maximum absolute atomic E-state index is 12.5. The molecule has 2 N–H and O–H groups in total. The summed E-state index contributed by atoms with van der Waals surface area (Å²) in [4.78, 5) is 12.5. The quantitative estimate of drug-likeness (QED) is 0.892. The predicted molar refractivity (Wildman–Crippen MR) is 88.3 cm³/mol. The van der Waals surface area contributed by atoms with Gasteiger partial charge in [0.15, 0.2) is 0 Å². The number of aliphatic hydroxyl groups excluding tert-OH is 1. The molecule has 2 aromatic rings. The SMILES string of the molecule is C[C@H](C[C@@H](O)c1ccccc1)NC(=O)[C@H]1COc2ccccc21. The molecule has 4 nitrogen and oxygen atoms in total. The molecule has 0 bridgehead atoms. The Kier molecular flexibility index (Phi) is 4.63. The number of ether oxygens (including phenoxy) is 1. The molecule has 3 rings (SSSR count). The van der Waals surface area contributed by atoms with Gasteiger partial charge in [-0.25, -0.2) is 0 Å². The number of carbonyl (C=O) groups is 1. The Labute approximate surface area is 136 Å². The summed E-state index contributed by atoms with van der Waals surface area (Å²) in [5, 5.41) is 13.2. The Morgan fingerprint density at radius 3 is 2.70 bits per heavy atom. The molecule has 120 valence electrons. The zero-order chi connectivity index (χ0) is 16.2. The maximum Gasteiger partial charge on any atom is 0.231 e. The number of fused-ring (bicyclic) bond motifs is 1. The summed E-state index contributed by atoms with van der Waals surface area (Å²) >= 11 is 0. The molecule has 2 aromatic carbocycles. The molecular weight excluding hydrogens is 290 g/mol. The minimum atomic E-state index is -0.585. The van der Waals surface area contributed by atoms with Crippen molar-refractivity contribution in [1.82, 2.24) is 5.32 Å². The molecule has 1 aliphatic rings. The van der Waals surface area contributed by atoms with Crippen molar-refractivity contribution in [2.45, 2.75) is 31.4 Å². The summed E-state index contributed by atoms with van der Waals surface area (Å²) in [5.74, 6) is 0.454. The third-order valence-corrected chi connectivity index (χ3v) is 4.17. The third-order valence-electron chi connectivity index (χ3n) is 4.17. The van der Waals surface area contributed by atoms with Gasteiger partial charge in [0.05, 0.1) is 6.10 Å². The van der Waals surface area contributed by atoms with Gasteiger partial charge in [0.25, 0.3) is 0 Å². The van der Waals surface area contributed by atoms with Gasteiger partial charge in [-0.2, -0.15) is 0 Å². The molecule has 23 heavy (non-hydrogen) atoms. The van der Waals surface area contributed by atoms with E-state index in [1.165, 1.54) is 0 Å². The number of hydrogen-bond donors (Lipinski definition) is 2. The highest BCUT2D eigenvalue weighted by atomic mass is 16.5. The van der Waals surface area contributed by atoms with Crippen LogP contribution in [0.2, 0.25) is 0 Å². The largest absolute Gasteiger partial charge is 0.492 e. The average molecular weight is 311 g/mol. The average Bonchev–Trinajstić information content (AvgIpc) is 2.99. The van der Waals surface area contributed by atoms with Crippen molar-refractivity contribution in [2.24, 2.45) is 0 Å². The molecule has 0 unspecified atom stereocenters. The van der Waals surface area contributed by atoms with Crippen LogP contribution in [0.3, 0.4) is 0 Å². The lowest BCUT2D eigenvalue weighted by molar-refractivity contribution is -0.123. The lowest BCUT2D eigenvalue weighted by Crippen LogP contribution is -2.37. The van der Waals surface area contributed by atoms with Crippen molar-refractivity contribution in [3.8, 4) is 5.75 Å². The summed E-state index contributed by atoms with van der Waals surface area (Å²) in [6, 6.07) is 17.0. The Morgan fingerprint density at radius 1 is 1.22 bits per heavy atom. The van der Waals surface area contributed by atoms with Crippen LogP contribution in [0, 0.1) is 0 Å². The number of amides is 1. The first-order chi connectivity index (χ1) is 11.1. The molecule has 1 amide bonds. The zero-order valence-corrected chi connectivity index (χ0v) is 13.1. The minimum absolute atomic E-state index is 0.0530. The number of aliphatic hydroxyl groups is 1. The number of rotatable bonds is 5. The molecule has 0 aliphatic carbocycles. The van der Waals surface area contributed by atoms with Crippen LogP contribution in [-0.4, -0.2) is 23.7 Å². The van der Waals surface area contributed by atoms with E-state index in [2.05, 4.69) is 5.32 Å². The molecule has 1 aliphatic heterocycles. The van der Waals surface area contributed by atoms with E-state index in [0.717, 1.165) is 16.9 Å². The molecule has 3 atom stereocenters. The molecule has 0 saturated carbocycles. The Balaban J connectivity index is 1.58. The molecular formula is C19H21NO3. The van der Waals surface area contributed by atoms with Crippen LogP contribution in [0.1, 0.15) is 36.5 Å². The Hall–Kier alpha value is -2.33. The fourth-order valence-electron chi connectivity index (χ4n) is 2.93. The van der Waals surface area contributed by atoms with Crippen LogP contribution < -0.4 is 10.1 Å². The summed E-state index contributed by atoms with van der Waals surface area (Å²) in [6.07, 6.45) is -0.107. The van der Waals surface area contributed by atoms with Gasteiger partial charge >= 0.3 is 0 Å². The molecule has 1 heterocycles. The lowest BCUT2D eigenvalue weighted by atomic mass is 9.99. The van der Waals surface area contributed by atoms with Crippen LogP contribution >= 0.6 is 0 Å². The number of benzene rings is 2. The molecule has 0 fully saturated rings. The van der Waals surface area contributed by atoms with Crippen LogP contribution in [0.25, 0.3) is 0 Å². The Bertz CT molecular complexity index is 671. The van der Waals surface area contributed by atoms with Gasteiger partial charge in [0.2, 0.25) is 5.91 Å². The summed E-state index contributed by atoms with van der Waals surface area (Å²) < 4.78 is 5.55. The minimum Gasteiger partial charge on any atom is -0.492 e. The van der Waals surface area contributed by atoms with Crippen LogP contribution in [-0.2, 0) is 4.79 Å². The molecule has 0 aromatic heterocycles. The fourth-order valence-corrected chi connectivity index (χ4v) is 2.93. The second-order valence-electron chi connectivity index (χ2n) is 5.97. The summed E-state index contributed by atoms with van der Waals surface area (Å²) in [7, 11) is 0. The lowest BCUT2D eigenvalue weighted by Gasteiger charge is -2.20. The molecule has 0 radical (unpaired) electrons. The standard InChI is InChI=1S/C19H21NO3/c1-13(11-17(21)14-7-3-2-4-8-14)20-19(22)16-12-23-18-10-6-5-9-15(16)18/h2-10,13,16-17,21H,11-12H2,1H3,(H,20,22)/t13-,16+,17-/m1/s1. The molecule has 0 spiro atoms. The van der Waals surface area contributed by atoms with Gasteiger partial charge in [-0.3, -0.25) is 4.79 Å². The van der Waals surface area contributed by atoms with E-state index in [1.54, 1.807) is 0 Å². The van der Waals surface area contributed by atoms with E-state index in [1.807, 2.05) is 61.5 Å². The van der Waals surface area contributed by atoms with Gasteiger partial charge < -0.3 is 15.2 Å². The summed E-state index contributed by atoms with van der Waals surface area (Å²) in [5.41, 5.74) is 1.80. The highest BCUT2D eigenvalue weighted by Crippen LogP contribution is 2.33. The van der Waals surface area contributed by atoms with Crippen molar-refractivity contribution >= 4 is 5.91 Å². The number of carbonyl (C=O) groups excluding carboxylic acids is 1. The topological polar surface area (TPSA) is 58.6 Å². The van der Waals surface area contributed by atoms with Gasteiger partial charge in [-0.15, -0.1) is 0 Å². The van der Waals surface area contributed by atoms with Crippen molar-refractivity contribution in [2.75, 3.05) is 6.61 Å². The third kappa shape index (κ3) is 3.54. The second kappa shape index (κ2) is 6.84. The highest BCUT2D eigenvalue weighted by molar-refractivity contribution is 5.85. The Morgan fingerprint density at radius 2 is 1.91 bits per heavy atom. The summed E-state index contributed by atoms with van der Waals surface area (Å²) in [6.45, 7) is 2.28. The van der Waals surface area contributed by atoms with Crippen LogP contribution in [0.5, 0.6) is 5.75 Å².